The van der Waals surface area contributed by atoms with Crippen LogP contribution in [0.1, 0.15) is 290 Å². The van der Waals surface area contributed by atoms with Crippen LogP contribution in [0.15, 0.2) is 146 Å². The Kier molecular flexibility index (Phi) is 61.6. The second kappa shape index (κ2) is 67.1. The van der Waals surface area contributed by atoms with Gasteiger partial charge in [-0.05, 0) is 103 Å². The van der Waals surface area contributed by atoms with Crippen LogP contribution >= 0.6 is 0 Å². The normalized spacial score (nSPS) is 22.8. The number of carbonyl (C=O) groups is 1. The number of aliphatic hydroxyl groups is 8. The van der Waals surface area contributed by atoms with Crippen molar-refractivity contribution in [3.8, 4) is 0 Å². The molecule has 14 nitrogen and oxygen atoms in total. The van der Waals surface area contributed by atoms with Crippen LogP contribution in [-0.2, 0) is 23.7 Å². The van der Waals surface area contributed by atoms with Crippen LogP contribution in [0, 0.1) is 0 Å². The molecule has 0 spiro atoms. The molecule has 2 aliphatic rings. The summed E-state index contributed by atoms with van der Waals surface area (Å²) in [5, 5.41) is 87.6. The molecule has 0 aromatic carbocycles. The maximum absolute atomic E-state index is 13.4. The van der Waals surface area contributed by atoms with Gasteiger partial charge in [0.1, 0.15) is 48.8 Å². The fraction of sp³-hybridized carbons (Fsp3) is 0.706. The molecule has 12 atom stereocenters. The van der Waals surface area contributed by atoms with E-state index in [0.29, 0.717) is 6.42 Å². The summed E-state index contributed by atoms with van der Waals surface area (Å²) in [6.07, 6.45) is 84.8. The van der Waals surface area contributed by atoms with E-state index >= 15 is 0 Å². The molecule has 0 bridgehead atoms. The Hall–Kier alpha value is -4.13. The number of rotatable bonds is 64. The molecule has 99 heavy (non-hydrogen) atoms. The molecule has 2 aliphatic heterocycles. The first-order valence-electron chi connectivity index (χ1n) is 39.6. The molecule has 9 N–H and O–H groups in total. The first kappa shape index (κ1) is 91.0. The van der Waals surface area contributed by atoms with E-state index in [1.165, 1.54) is 128 Å². The van der Waals surface area contributed by atoms with Gasteiger partial charge in [0.05, 0.1) is 32.0 Å². The predicted molar refractivity (Wildman–Crippen MR) is 410 cm³/mol. The van der Waals surface area contributed by atoms with E-state index in [0.717, 1.165) is 135 Å². The summed E-state index contributed by atoms with van der Waals surface area (Å²) in [5.41, 5.74) is 0. The highest BCUT2D eigenvalue weighted by molar-refractivity contribution is 5.76. The minimum absolute atomic E-state index is 0.253. The highest BCUT2D eigenvalue weighted by Crippen LogP contribution is 2.30. The highest BCUT2D eigenvalue weighted by atomic mass is 16.7. The van der Waals surface area contributed by atoms with Gasteiger partial charge in [0.15, 0.2) is 12.6 Å². The van der Waals surface area contributed by atoms with Gasteiger partial charge >= 0.3 is 0 Å². The average molecular weight is 1390 g/mol. The number of hydrogen-bond acceptors (Lipinski definition) is 13. The lowest BCUT2D eigenvalue weighted by atomic mass is 9.97. The van der Waals surface area contributed by atoms with Gasteiger partial charge in [-0.1, -0.05) is 327 Å². The van der Waals surface area contributed by atoms with Crippen molar-refractivity contribution in [1.82, 2.24) is 5.32 Å². The number of hydrogen-bond donors (Lipinski definition) is 9. The van der Waals surface area contributed by atoms with Crippen molar-refractivity contribution in [1.29, 1.82) is 0 Å². The molecule has 2 rings (SSSR count). The molecule has 2 saturated heterocycles. The summed E-state index contributed by atoms with van der Waals surface area (Å²) >= 11 is 0. The fourth-order valence-corrected chi connectivity index (χ4v) is 12.1. The molecule has 0 aliphatic carbocycles. The van der Waals surface area contributed by atoms with Gasteiger partial charge in [0, 0.05) is 6.42 Å². The number of aliphatic hydroxyl groups excluding tert-OH is 8. The molecule has 12 unspecified atom stereocenters. The quantitative estimate of drug-likeness (QED) is 0.0204. The lowest BCUT2D eigenvalue weighted by molar-refractivity contribution is -0.359. The molecule has 0 radical (unpaired) electrons. The van der Waals surface area contributed by atoms with Crippen LogP contribution in [0.5, 0.6) is 0 Å². The summed E-state index contributed by atoms with van der Waals surface area (Å²) in [5.74, 6) is -0.253. The smallest absolute Gasteiger partial charge is 0.220 e. The van der Waals surface area contributed by atoms with E-state index in [4.69, 9.17) is 18.9 Å². The SMILES string of the molecule is CC/C=C\C/C=C\C/C=C\C/C=C\C/C=C\C/C=C\C/C=C\C/C=C\C/C=C\C/C=C\C/C=C\CCCCCCCCCC(=O)NC(COC1OC(CO)C(OC2OC(CO)C(O)C(O)C2O)C(O)C1O)C(O)/C=C/CCCCCCCCCCCCCCCCCCCCCCCC. The fourth-order valence-electron chi connectivity index (χ4n) is 12.1. The van der Waals surface area contributed by atoms with Gasteiger partial charge in [0.25, 0.3) is 0 Å². The van der Waals surface area contributed by atoms with E-state index in [9.17, 15) is 45.6 Å². The van der Waals surface area contributed by atoms with Crippen LogP contribution in [0.3, 0.4) is 0 Å². The Morgan fingerprint density at radius 2 is 0.697 bits per heavy atom. The largest absolute Gasteiger partial charge is 0.394 e. The van der Waals surface area contributed by atoms with Gasteiger partial charge in [-0.25, -0.2) is 0 Å². The molecule has 566 valence electrons. The maximum atomic E-state index is 13.4. The van der Waals surface area contributed by atoms with E-state index in [1.807, 2.05) is 6.08 Å². The Labute approximate surface area is 602 Å². The van der Waals surface area contributed by atoms with Gasteiger partial charge in [0.2, 0.25) is 5.91 Å². The number of unbranched alkanes of at least 4 members (excludes halogenated alkanes) is 29. The van der Waals surface area contributed by atoms with E-state index in [-0.39, 0.29) is 18.9 Å². The third-order valence-electron chi connectivity index (χ3n) is 18.3. The van der Waals surface area contributed by atoms with Crippen molar-refractivity contribution >= 4 is 5.91 Å². The van der Waals surface area contributed by atoms with E-state index in [1.54, 1.807) is 6.08 Å². The number of nitrogens with one attached hydrogen (secondary N) is 1. The Bertz CT molecular complexity index is 2230. The van der Waals surface area contributed by atoms with Crippen LogP contribution < -0.4 is 5.32 Å². The number of ether oxygens (including phenoxy) is 4. The Morgan fingerprint density at radius 3 is 1.07 bits per heavy atom. The summed E-state index contributed by atoms with van der Waals surface area (Å²) in [6, 6.07) is -0.933. The van der Waals surface area contributed by atoms with Gasteiger partial charge in [-0.3, -0.25) is 4.79 Å². The topological polar surface area (TPSA) is 228 Å². The van der Waals surface area contributed by atoms with Crippen LogP contribution in [0.2, 0.25) is 0 Å². The third kappa shape index (κ3) is 50.0. The van der Waals surface area contributed by atoms with Crippen molar-refractivity contribution < 1.29 is 64.6 Å². The minimum atomic E-state index is -1.80. The zero-order valence-corrected chi connectivity index (χ0v) is 61.9. The third-order valence-corrected chi connectivity index (χ3v) is 18.3. The number of carbonyl (C=O) groups excluding carboxylic acids is 1. The molecule has 1 amide bonds. The van der Waals surface area contributed by atoms with Crippen LogP contribution in [-0.4, -0.2) is 140 Å². The predicted octanol–water partition coefficient (Wildman–Crippen LogP) is 18.0. The number of amides is 1. The summed E-state index contributed by atoms with van der Waals surface area (Å²) in [7, 11) is 0. The maximum Gasteiger partial charge on any atom is 0.220 e. The molecule has 0 saturated carbocycles. The monoisotopic (exact) mass is 1390 g/mol. The molecular weight excluding hydrogens is 1240 g/mol. The van der Waals surface area contributed by atoms with Gasteiger partial charge < -0.3 is 65.1 Å². The van der Waals surface area contributed by atoms with Crippen molar-refractivity contribution in [2.45, 2.75) is 364 Å². The van der Waals surface area contributed by atoms with Gasteiger partial charge in [-0.2, -0.15) is 0 Å². The second-order valence-corrected chi connectivity index (χ2v) is 27.1. The zero-order chi connectivity index (χ0) is 71.5. The molecular formula is C85H143NO13. The zero-order valence-electron chi connectivity index (χ0n) is 61.9. The first-order valence-corrected chi connectivity index (χ1v) is 39.6. The van der Waals surface area contributed by atoms with E-state index < -0.39 is 86.8 Å². The molecule has 0 aromatic rings. The lowest BCUT2D eigenvalue weighted by Gasteiger charge is -2.46. The van der Waals surface area contributed by atoms with Crippen molar-refractivity contribution in [2.75, 3.05) is 19.8 Å². The lowest BCUT2D eigenvalue weighted by Crippen LogP contribution is -2.65. The molecule has 2 fully saturated rings. The molecule has 2 heterocycles. The second-order valence-electron chi connectivity index (χ2n) is 27.1. The Morgan fingerprint density at radius 1 is 0.374 bits per heavy atom. The van der Waals surface area contributed by atoms with E-state index in [2.05, 4.69) is 153 Å². The summed E-state index contributed by atoms with van der Waals surface area (Å²) in [6.45, 7) is 2.70. The highest BCUT2D eigenvalue weighted by Gasteiger charge is 2.51. The first-order chi connectivity index (χ1) is 48.6. The van der Waals surface area contributed by atoms with Gasteiger partial charge in [-0.15, -0.1) is 0 Å². The van der Waals surface area contributed by atoms with Crippen LogP contribution in [0.4, 0.5) is 0 Å². The van der Waals surface area contributed by atoms with Crippen LogP contribution in [0.25, 0.3) is 0 Å². The summed E-state index contributed by atoms with van der Waals surface area (Å²) in [4.78, 5) is 13.4. The van der Waals surface area contributed by atoms with Crippen molar-refractivity contribution in [2.24, 2.45) is 0 Å². The van der Waals surface area contributed by atoms with Crippen molar-refractivity contribution in [3.63, 3.8) is 0 Å². The molecule has 0 aromatic heterocycles. The van der Waals surface area contributed by atoms with Crippen molar-refractivity contribution in [3.05, 3.63) is 146 Å². The standard InChI is InChI=1S/C85H143NO13/c1-3-5-7-9-11-13-15-17-19-21-23-25-27-29-30-31-32-33-34-35-36-37-38-39-40-41-42-43-44-45-47-49-51-53-55-57-59-61-63-65-67-69-77(90)86-73(72-96-84-82(95)80(93)83(76(71-88)98-84)99-85-81(94)79(92)78(91)75(70-87)97-85)74(89)68-66-64-62-60-58-56-54-52-50-48-46-28-26-24-22-20-18-16-14-12-10-8-6-4-2/h5,7,11,13,17,19,23,25,29-30,32-33,35-36,38-39,41-42,44-45,49,51,66,68,73-76,78-85,87-89,91-95H,3-4,6,8-10,12,14-16,18,20-22,24,26-28,31,34,37,40,43,46-48,50,52-65,67,69-72H2,1-2H3,(H,86,90)/b7-5-,13-11-,19-17-,25-23-,30-29-,33-32-,36-35-,39-38-,42-41-,45-44-,51-49-,68-66+. The molecule has 14 heteroatoms. The number of allylic oxidation sites excluding steroid dienone is 23. The minimum Gasteiger partial charge on any atom is -0.394 e. The average Bonchev–Trinajstić information content (AvgIpc) is 0.799. The summed E-state index contributed by atoms with van der Waals surface area (Å²) < 4.78 is 22.9. The Balaban J connectivity index is 1.64.